The first-order chi connectivity index (χ1) is 12.1. The molecule has 0 aliphatic heterocycles. The van der Waals surface area contributed by atoms with Crippen molar-refractivity contribution in [3.8, 4) is 11.3 Å². The van der Waals surface area contributed by atoms with E-state index in [0.29, 0.717) is 5.92 Å². The van der Waals surface area contributed by atoms with Gasteiger partial charge in [0.15, 0.2) is 0 Å². The zero-order valence-corrected chi connectivity index (χ0v) is 15.3. The number of benzene rings is 2. The van der Waals surface area contributed by atoms with Crippen molar-refractivity contribution in [3.05, 3.63) is 65.4 Å². The molecule has 0 radical (unpaired) electrons. The first kappa shape index (κ1) is 15.9. The van der Waals surface area contributed by atoms with E-state index in [1.54, 1.807) is 0 Å². The van der Waals surface area contributed by atoms with Crippen molar-refractivity contribution in [2.45, 2.75) is 40.0 Å². The van der Waals surface area contributed by atoms with Crippen molar-refractivity contribution in [1.29, 1.82) is 0 Å². The van der Waals surface area contributed by atoms with E-state index in [2.05, 4.69) is 70.2 Å². The molecule has 0 unspecified atom stereocenters. The molecule has 0 aliphatic rings. The normalized spacial score (nSPS) is 11.7. The molecule has 0 bridgehead atoms. The largest absolute Gasteiger partial charge is 0.455 e. The maximum atomic E-state index is 6.28. The van der Waals surface area contributed by atoms with Crippen LogP contribution < -0.4 is 0 Å². The summed E-state index contributed by atoms with van der Waals surface area (Å²) in [7, 11) is 0. The van der Waals surface area contributed by atoms with E-state index in [-0.39, 0.29) is 0 Å². The summed E-state index contributed by atoms with van der Waals surface area (Å²) in [5.41, 5.74) is 7.82. The summed E-state index contributed by atoms with van der Waals surface area (Å²) in [6, 6.07) is 14.9. The maximum absolute atomic E-state index is 6.28. The van der Waals surface area contributed by atoms with Crippen LogP contribution in [0.1, 0.15) is 43.4 Å². The van der Waals surface area contributed by atoms with Gasteiger partial charge >= 0.3 is 0 Å². The monoisotopic (exact) mass is 329 g/mol. The lowest BCUT2D eigenvalue weighted by atomic mass is 9.95. The number of hydrogen-bond acceptors (Lipinski definition) is 2. The molecular weight excluding hydrogens is 306 g/mol. The molecule has 0 spiro atoms. The Balaban J connectivity index is 1.98. The van der Waals surface area contributed by atoms with Gasteiger partial charge in [-0.05, 0) is 48.1 Å². The summed E-state index contributed by atoms with van der Waals surface area (Å²) < 4.78 is 6.28. The molecule has 2 nitrogen and oxygen atoms in total. The Hall–Kier alpha value is -2.61. The zero-order chi connectivity index (χ0) is 17.6. The predicted octanol–water partition coefficient (Wildman–Crippen LogP) is 6.64. The van der Waals surface area contributed by atoms with Gasteiger partial charge in [0, 0.05) is 22.5 Å². The van der Waals surface area contributed by atoms with E-state index in [1.165, 1.54) is 16.5 Å². The number of aryl methyl sites for hydroxylation is 2. The molecule has 4 rings (SSSR count). The van der Waals surface area contributed by atoms with Crippen LogP contribution in [-0.2, 0) is 6.42 Å². The Labute approximate surface area is 148 Å². The van der Waals surface area contributed by atoms with Crippen molar-refractivity contribution < 1.29 is 4.42 Å². The van der Waals surface area contributed by atoms with E-state index in [0.717, 1.165) is 39.8 Å². The Bertz CT molecular complexity index is 1070. The SMILES string of the molecule is CCc1cc(-c2cccc3c2oc2c(C)cccc23)ncc1C(C)C. The van der Waals surface area contributed by atoms with Gasteiger partial charge in [-0.25, -0.2) is 0 Å². The molecule has 0 atom stereocenters. The molecule has 2 aromatic carbocycles. The molecule has 2 heteroatoms. The molecule has 0 saturated carbocycles. The minimum absolute atomic E-state index is 0.487. The Morgan fingerprint density at radius 2 is 1.72 bits per heavy atom. The number of aromatic nitrogens is 1. The standard InChI is InChI=1S/C23H23NO/c1-5-16-12-21(24-13-20(16)14(2)3)19-11-7-10-18-17-9-6-8-15(4)22(17)25-23(18)19/h6-14H,5H2,1-4H3. The van der Waals surface area contributed by atoms with Gasteiger partial charge in [-0.3, -0.25) is 4.98 Å². The predicted molar refractivity (Wildman–Crippen MR) is 105 cm³/mol. The number of para-hydroxylation sites is 2. The van der Waals surface area contributed by atoms with Crippen molar-refractivity contribution in [1.82, 2.24) is 4.98 Å². The summed E-state index contributed by atoms with van der Waals surface area (Å²) >= 11 is 0. The molecule has 0 amide bonds. The summed E-state index contributed by atoms with van der Waals surface area (Å²) in [5.74, 6) is 0.487. The van der Waals surface area contributed by atoms with Crippen molar-refractivity contribution in [2.75, 3.05) is 0 Å². The van der Waals surface area contributed by atoms with E-state index in [9.17, 15) is 0 Å². The third kappa shape index (κ3) is 2.53. The van der Waals surface area contributed by atoms with Crippen molar-refractivity contribution >= 4 is 21.9 Å². The van der Waals surface area contributed by atoms with Gasteiger partial charge in [-0.1, -0.05) is 51.1 Å². The van der Waals surface area contributed by atoms with Crippen molar-refractivity contribution in [3.63, 3.8) is 0 Å². The highest BCUT2D eigenvalue weighted by molar-refractivity contribution is 6.10. The number of nitrogens with zero attached hydrogens (tertiary/aromatic N) is 1. The minimum atomic E-state index is 0.487. The van der Waals surface area contributed by atoms with E-state index in [1.807, 2.05) is 6.20 Å². The third-order valence-electron chi connectivity index (χ3n) is 5.02. The highest BCUT2D eigenvalue weighted by atomic mass is 16.3. The van der Waals surface area contributed by atoms with Crippen LogP contribution in [0.3, 0.4) is 0 Å². The topological polar surface area (TPSA) is 26.0 Å². The molecular formula is C23H23NO. The first-order valence-electron chi connectivity index (χ1n) is 9.00. The van der Waals surface area contributed by atoms with Crippen molar-refractivity contribution in [2.24, 2.45) is 0 Å². The number of hydrogen-bond donors (Lipinski definition) is 0. The van der Waals surface area contributed by atoms with Crippen LogP contribution in [0.15, 0.2) is 53.1 Å². The Kier molecular flexibility index (Phi) is 3.84. The Morgan fingerprint density at radius 3 is 2.44 bits per heavy atom. The fraction of sp³-hybridized carbons (Fsp3) is 0.261. The third-order valence-corrected chi connectivity index (χ3v) is 5.02. The lowest BCUT2D eigenvalue weighted by Gasteiger charge is -2.12. The summed E-state index contributed by atoms with van der Waals surface area (Å²) in [4.78, 5) is 4.76. The van der Waals surface area contributed by atoms with Crippen LogP contribution >= 0.6 is 0 Å². The number of furan rings is 1. The molecule has 2 heterocycles. The number of pyridine rings is 1. The molecule has 0 fully saturated rings. The van der Waals surface area contributed by atoms with Crippen LogP contribution in [0.2, 0.25) is 0 Å². The average Bonchev–Trinajstić information content (AvgIpc) is 3.01. The molecule has 2 aromatic heterocycles. The summed E-state index contributed by atoms with van der Waals surface area (Å²) in [5, 5.41) is 2.33. The first-order valence-corrected chi connectivity index (χ1v) is 9.00. The fourth-order valence-electron chi connectivity index (χ4n) is 3.64. The van der Waals surface area contributed by atoms with Gasteiger partial charge in [0.25, 0.3) is 0 Å². The van der Waals surface area contributed by atoms with Gasteiger partial charge in [-0.2, -0.15) is 0 Å². The molecule has 25 heavy (non-hydrogen) atoms. The highest BCUT2D eigenvalue weighted by Crippen LogP contribution is 2.36. The van der Waals surface area contributed by atoms with Crippen LogP contribution in [0, 0.1) is 6.92 Å². The number of rotatable bonds is 3. The van der Waals surface area contributed by atoms with Gasteiger partial charge < -0.3 is 4.42 Å². The quantitative estimate of drug-likeness (QED) is 0.421. The summed E-state index contributed by atoms with van der Waals surface area (Å²) in [6.07, 6.45) is 3.05. The average molecular weight is 329 g/mol. The Morgan fingerprint density at radius 1 is 1.00 bits per heavy atom. The zero-order valence-electron chi connectivity index (χ0n) is 15.3. The van der Waals surface area contributed by atoms with E-state index >= 15 is 0 Å². The fourth-order valence-corrected chi connectivity index (χ4v) is 3.64. The van der Waals surface area contributed by atoms with Gasteiger partial charge in [0.1, 0.15) is 11.2 Å². The number of fused-ring (bicyclic) bond motifs is 3. The lowest BCUT2D eigenvalue weighted by Crippen LogP contribution is -1.98. The lowest BCUT2D eigenvalue weighted by molar-refractivity contribution is 0.666. The van der Waals surface area contributed by atoms with E-state index < -0.39 is 0 Å². The van der Waals surface area contributed by atoms with Crippen LogP contribution in [0.4, 0.5) is 0 Å². The smallest absolute Gasteiger partial charge is 0.144 e. The van der Waals surface area contributed by atoms with E-state index in [4.69, 9.17) is 9.40 Å². The van der Waals surface area contributed by atoms with Crippen LogP contribution in [-0.4, -0.2) is 4.98 Å². The van der Waals surface area contributed by atoms with Gasteiger partial charge in [0.2, 0.25) is 0 Å². The molecule has 126 valence electrons. The maximum Gasteiger partial charge on any atom is 0.144 e. The molecule has 0 N–H and O–H groups in total. The second-order valence-corrected chi connectivity index (χ2v) is 7.01. The van der Waals surface area contributed by atoms with Crippen LogP contribution in [0.5, 0.6) is 0 Å². The molecule has 4 aromatic rings. The molecule has 0 aliphatic carbocycles. The molecule has 0 saturated heterocycles. The van der Waals surface area contributed by atoms with Gasteiger partial charge in [0.05, 0.1) is 5.69 Å². The highest BCUT2D eigenvalue weighted by Gasteiger charge is 2.15. The second kappa shape index (κ2) is 6.03. The van der Waals surface area contributed by atoms with Crippen LogP contribution in [0.25, 0.3) is 33.2 Å². The second-order valence-electron chi connectivity index (χ2n) is 7.01. The summed E-state index contributed by atoms with van der Waals surface area (Å²) in [6.45, 7) is 8.74. The van der Waals surface area contributed by atoms with Gasteiger partial charge in [-0.15, -0.1) is 0 Å². The minimum Gasteiger partial charge on any atom is -0.455 e.